The highest BCUT2D eigenvalue weighted by molar-refractivity contribution is 5.34. The van der Waals surface area contributed by atoms with E-state index in [4.69, 9.17) is 0 Å². The van der Waals surface area contributed by atoms with Gasteiger partial charge in [0.05, 0.1) is 0 Å². The van der Waals surface area contributed by atoms with E-state index in [9.17, 15) is 0 Å². The third kappa shape index (κ3) is 2.03. The lowest BCUT2D eigenvalue weighted by Gasteiger charge is -2.42. The molecule has 2 heteroatoms. The Bertz CT molecular complexity index is 452. The van der Waals surface area contributed by atoms with Gasteiger partial charge >= 0.3 is 0 Å². The summed E-state index contributed by atoms with van der Waals surface area (Å²) in [6, 6.07) is 8.40. The molecule has 2 rings (SSSR count). The van der Waals surface area contributed by atoms with Gasteiger partial charge in [-0.2, -0.15) is 0 Å². The van der Waals surface area contributed by atoms with Crippen LogP contribution < -0.4 is 0 Å². The Labute approximate surface area is 109 Å². The van der Waals surface area contributed by atoms with Crippen LogP contribution in [0, 0.1) is 0 Å². The monoisotopic (exact) mass is 240 g/mol. The largest absolute Gasteiger partial charge is 0.265 e. The fourth-order valence-corrected chi connectivity index (χ4v) is 2.26. The van der Waals surface area contributed by atoms with E-state index in [0.717, 1.165) is 0 Å². The molecular formula is C16H20N2. The van der Waals surface area contributed by atoms with Crippen molar-refractivity contribution in [3.8, 4) is 0 Å². The number of aromatic nitrogens is 2. The molecule has 0 spiro atoms. The lowest BCUT2D eigenvalue weighted by molar-refractivity contribution is 0.302. The summed E-state index contributed by atoms with van der Waals surface area (Å²) in [6.07, 6.45) is 7.44. The molecular weight excluding hydrogens is 220 g/mol. The van der Waals surface area contributed by atoms with Gasteiger partial charge in [-0.1, -0.05) is 27.7 Å². The molecule has 94 valence electrons. The molecule has 0 bridgehead atoms. The molecule has 0 aromatic carbocycles. The number of pyridine rings is 2. The highest BCUT2D eigenvalue weighted by Gasteiger charge is 2.39. The zero-order chi connectivity index (χ0) is 13.2. The predicted octanol–water partition coefficient (Wildman–Crippen LogP) is 3.73. The smallest absolute Gasteiger partial charge is 0.0270 e. The molecule has 2 aromatic rings. The summed E-state index contributed by atoms with van der Waals surface area (Å²) in [6.45, 7) is 9.12. The van der Waals surface area contributed by atoms with Crippen LogP contribution in [0.3, 0.4) is 0 Å². The standard InChI is InChI=1S/C16H20N2/c1-15(2,13-5-9-17-10-6-13)16(3,4)14-7-11-18-12-8-14/h5-12H,1-4H3. The predicted molar refractivity (Wildman–Crippen MR) is 74.5 cm³/mol. The summed E-state index contributed by atoms with van der Waals surface area (Å²) in [5.74, 6) is 0. The molecule has 18 heavy (non-hydrogen) atoms. The van der Waals surface area contributed by atoms with E-state index >= 15 is 0 Å². The molecule has 0 aliphatic rings. The van der Waals surface area contributed by atoms with E-state index in [1.165, 1.54) is 11.1 Å². The van der Waals surface area contributed by atoms with Gasteiger partial charge in [0.1, 0.15) is 0 Å². The van der Waals surface area contributed by atoms with Crippen LogP contribution in [0.25, 0.3) is 0 Å². The summed E-state index contributed by atoms with van der Waals surface area (Å²) < 4.78 is 0. The average Bonchev–Trinajstić information content (AvgIpc) is 2.40. The van der Waals surface area contributed by atoms with Crippen molar-refractivity contribution in [2.45, 2.75) is 38.5 Å². The topological polar surface area (TPSA) is 25.8 Å². The summed E-state index contributed by atoms with van der Waals surface area (Å²) in [5, 5.41) is 0. The van der Waals surface area contributed by atoms with Crippen LogP contribution >= 0.6 is 0 Å². The maximum Gasteiger partial charge on any atom is 0.0270 e. The maximum absolute atomic E-state index is 4.10. The Morgan fingerprint density at radius 2 is 0.889 bits per heavy atom. The zero-order valence-corrected chi connectivity index (χ0v) is 11.5. The van der Waals surface area contributed by atoms with Crippen molar-refractivity contribution in [2.24, 2.45) is 0 Å². The summed E-state index contributed by atoms with van der Waals surface area (Å²) >= 11 is 0. The van der Waals surface area contributed by atoms with E-state index < -0.39 is 0 Å². The van der Waals surface area contributed by atoms with E-state index in [0.29, 0.717) is 0 Å². The quantitative estimate of drug-likeness (QED) is 0.817. The van der Waals surface area contributed by atoms with Gasteiger partial charge in [0.2, 0.25) is 0 Å². The van der Waals surface area contributed by atoms with E-state index in [2.05, 4.69) is 61.9 Å². The molecule has 2 aromatic heterocycles. The summed E-state index contributed by atoms with van der Waals surface area (Å²) in [5.41, 5.74) is 2.66. The Morgan fingerprint density at radius 1 is 0.611 bits per heavy atom. The van der Waals surface area contributed by atoms with Gasteiger partial charge < -0.3 is 0 Å². The summed E-state index contributed by atoms with van der Waals surface area (Å²) in [4.78, 5) is 8.21. The van der Waals surface area contributed by atoms with Gasteiger partial charge in [0.15, 0.2) is 0 Å². The Kier molecular flexibility index (Phi) is 3.20. The zero-order valence-electron chi connectivity index (χ0n) is 11.5. The first-order valence-electron chi connectivity index (χ1n) is 6.27. The van der Waals surface area contributed by atoms with Crippen molar-refractivity contribution >= 4 is 0 Å². The van der Waals surface area contributed by atoms with E-state index in [1.54, 1.807) is 0 Å². The van der Waals surface area contributed by atoms with Gasteiger partial charge in [-0.15, -0.1) is 0 Å². The highest BCUT2D eigenvalue weighted by Crippen LogP contribution is 2.43. The van der Waals surface area contributed by atoms with Crippen LogP contribution in [0.5, 0.6) is 0 Å². The number of nitrogens with zero attached hydrogens (tertiary/aromatic N) is 2. The van der Waals surface area contributed by atoms with Crippen molar-refractivity contribution in [1.29, 1.82) is 0 Å². The highest BCUT2D eigenvalue weighted by atomic mass is 14.6. The molecule has 0 fully saturated rings. The third-order valence-electron chi connectivity index (χ3n) is 4.37. The third-order valence-corrected chi connectivity index (χ3v) is 4.37. The molecule has 2 heterocycles. The molecule has 0 N–H and O–H groups in total. The minimum Gasteiger partial charge on any atom is -0.265 e. The normalized spacial score (nSPS) is 12.4. The average molecular weight is 240 g/mol. The number of rotatable bonds is 3. The lowest BCUT2D eigenvalue weighted by atomic mass is 9.61. The second-order valence-electron chi connectivity index (χ2n) is 5.72. The van der Waals surface area contributed by atoms with Crippen molar-refractivity contribution in [3.05, 3.63) is 60.2 Å². The minimum atomic E-state index is 0.0251. The number of hydrogen-bond acceptors (Lipinski definition) is 2. The van der Waals surface area contributed by atoms with E-state index in [-0.39, 0.29) is 10.8 Å². The Morgan fingerprint density at radius 3 is 1.17 bits per heavy atom. The van der Waals surface area contributed by atoms with Gasteiger partial charge in [0, 0.05) is 24.8 Å². The second kappa shape index (κ2) is 4.52. The van der Waals surface area contributed by atoms with Gasteiger partial charge in [0.25, 0.3) is 0 Å². The Hall–Kier alpha value is -1.70. The Balaban J connectivity index is 2.47. The van der Waals surface area contributed by atoms with Crippen LogP contribution in [-0.4, -0.2) is 9.97 Å². The summed E-state index contributed by atoms with van der Waals surface area (Å²) in [7, 11) is 0. The molecule has 0 radical (unpaired) electrons. The molecule has 0 amide bonds. The fourth-order valence-electron chi connectivity index (χ4n) is 2.26. The van der Waals surface area contributed by atoms with E-state index in [1.807, 2.05) is 24.8 Å². The molecule has 0 unspecified atom stereocenters. The molecule has 0 saturated carbocycles. The maximum atomic E-state index is 4.10. The lowest BCUT2D eigenvalue weighted by Crippen LogP contribution is -2.40. The first kappa shape index (κ1) is 12.7. The van der Waals surface area contributed by atoms with Crippen LogP contribution in [0.15, 0.2) is 49.1 Å². The van der Waals surface area contributed by atoms with Crippen molar-refractivity contribution in [1.82, 2.24) is 9.97 Å². The first-order chi connectivity index (χ1) is 8.46. The van der Waals surface area contributed by atoms with Crippen molar-refractivity contribution in [3.63, 3.8) is 0 Å². The fraction of sp³-hybridized carbons (Fsp3) is 0.375. The molecule has 0 aliphatic heterocycles. The van der Waals surface area contributed by atoms with Crippen molar-refractivity contribution < 1.29 is 0 Å². The SMILES string of the molecule is CC(C)(c1ccncc1)C(C)(C)c1ccncc1. The first-order valence-corrected chi connectivity index (χ1v) is 6.27. The minimum absolute atomic E-state index is 0.0251. The van der Waals surface area contributed by atoms with Gasteiger partial charge in [-0.3, -0.25) is 9.97 Å². The van der Waals surface area contributed by atoms with Crippen LogP contribution in [-0.2, 0) is 10.8 Å². The molecule has 0 atom stereocenters. The van der Waals surface area contributed by atoms with Crippen molar-refractivity contribution in [2.75, 3.05) is 0 Å². The molecule has 2 nitrogen and oxygen atoms in total. The number of hydrogen-bond donors (Lipinski definition) is 0. The molecule has 0 saturated heterocycles. The van der Waals surface area contributed by atoms with Gasteiger partial charge in [-0.05, 0) is 46.2 Å². The second-order valence-corrected chi connectivity index (χ2v) is 5.72. The molecule has 0 aliphatic carbocycles. The van der Waals surface area contributed by atoms with Gasteiger partial charge in [-0.25, -0.2) is 0 Å². The van der Waals surface area contributed by atoms with Crippen LogP contribution in [0.2, 0.25) is 0 Å². The van der Waals surface area contributed by atoms with Crippen LogP contribution in [0.4, 0.5) is 0 Å². The van der Waals surface area contributed by atoms with Crippen LogP contribution in [0.1, 0.15) is 38.8 Å².